The molecule has 2 aromatic carbocycles. The van der Waals surface area contributed by atoms with Crippen LogP contribution >= 0.6 is 11.6 Å². The van der Waals surface area contributed by atoms with Gasteiger partial charge in [-0.05, 0) is 24.3 Å². The number of H-pyrrole nitrogens is 1. The summed E-state index contributed by atoms with van der Waals surface area (Å²) in [6.07, 6.45) is 0. The molecule has 1 N–H and O–H groups in total. The monoisotopic (exact) mass is 296 g/mol. The fourth-order valence-electron chi connectivity index (χ4n) is 2.34. The van der Waals surface area contributed by atoms with E-state index in [9.17, 15) is 4.79 Å². The summed E-state index contributed by atoms with van der Waals surface area (Å²) in [4.78, 5) is 19.4. The molecule has 6 heteroatoms. The van der Waals surface area contributed by atoms with E-state index in [0.717, 1.165) is 10.9 Å². The third-order valence-corrected chi connectivity index (χ3v) is 3.65. The highest BCUT2D eigenvalue weighted by molar-refractivity contribution is 6.33. The second-order valence-electron chi connectivity index (χ2n) is 4.63. The fraction of sp³-hybridized carbons (Fsp3) is 0. The van der Waals surface area contributed by atoms with Crippen LogP contribution in [0.15, 0.2) is 53.3 Å². The van der Waals surface area contributed by atoms with Crippen molar-refractivity contribution in [3.8, 4) is 11.4 Å². The number of para-hydroxylation sites is 1. The number of nitrogens with zero attached hydrogens (tertiary/aromatic N) is 3. The fourth-order valence-corrected chi connectivity index (χ4v) is 2.56. The van der Waals surface area contributed by atoms with E-state index in [1.807, 2.05) is 42.5 Å². The third kappa shape index (κ3) is 1.82. The Balaban J connectivity index is 2.11. The van der Waals surface area contributed by atoms with Gasteiger partial charge < -0.3 is 4.98 Å². The van der Waals surface area contributed by atoms with Crippen molar-refractivity contribution < 1.29 is 0 Å². The van der Waals surface area contributed by atoms with Crippen molar-refractivity contribution in [3.05, 3.63) is 64.0 Å². The van der Waals surface area contributed by atoms with Crippen LogP contribution < -0.4 is 5.69 Å². The summed E-state index contributed by atoms with van der Waals surface area (Å²) in [6.45, 7) is 0. The summed E-state index contributed by atoms with van der Waals surface area (Å²) >= 11 is 6.17. The Hall–Kier alpha value is -2.66. The van der Waals surface area contributed by atoms with Gasteiger partial charge in [0, 0.05) is 10.9 Å². The minimum absolute atomic E-state index is 0.325. The molecule has 0 radical (unpaired) electrons. The van der Waals surface area contributed by atoms with E-state index < -0.39 is 0 Å². The van der Waals surface area contributed by atoms with Crippen molar-refractivity contribution in [3.63, 3.8) is 0 Å². The second-order valence-corrected chi connectivity index (χ2v) is 5.03. The van der Waals surface area contributed by atoms with Gasteiger partial charge in [0.2, 0.25) is 0 Å². The van der Waals surface area contributed by atoms with Gasteiger partial charge >= 0.3 is 5.69 Å². The van der Waals surface area contributed by atoms with E-state index in [0.29, 0.717) is 22.1 Å². The summed E-state index contributed by atoms with van der Waals surface area (Å²) in [7, 11) is 0. The SMILES string of the molecule is O=c1[nH]c2ccccc2c2nc(-c3ccccc3Cl)nn12. The Morgan fingerprint density at radius 2 is 1.81 bits per heavy atom. The van der Waals surface area contributed by atoms with Gasteiger partial charge in [-0.25, -0.2) is 9.78 Å². The first-order valence-corrected chi connectivity index (χ1v) is 6.74. The molecule has 0 atom stereocenters. The lowest BCUT2D eigenvalue weighted by molar-refractivity contribution is 0.885. The average molecular weight is 297 g/mol. The third-order valence-electron chi connectivity index (χ3n) is 3.32. The number of hydrogen-bond acceptors (Lipinski definition) is 3. The van der Waals surface area contributed by atoms with Gasteiger partial charge in [-0.1, -0.05) is 35.9 Å². The molecule has 0 aliphatic carbocycles. The summed E-state index contributed by atoms with van der Waals surface area (Å²) in [5, 5.41) is 5.66. The first-order chi connectivity index (χ1) is 10.2. The summed E-state index contributed by atoms with van der Waals surface area (Å²) < 4.78 is 1.26. The van der Waals surface area contributed by atoms with E-state index in [4.69, 9.17) is 11.6 Å². The highest BCUT2D eigenvalue weighted by Gasteiger charge is 2.13. The van der Waals surface area contributed by atoms with Crippen LogP contribution in [0.25, 0.3) is 27.9 Å². The van der Waals surface area contributed by atoms with Gasteiger partial charge in [0.25, 0.3) is 0 Å². The number of nitrogens with one attached hydrogen (secondary N) is 1. The van der Waals surface area contributed by atoms with Crippen molar-refractivity contribution in [1.29, 1.82) is 0 Å². The molecule has 0 aliphatic heterocycles. The maximum atomic E-state index is 12.1. The van der Waals surface area contributed by atoms with E-state index in [-0.39, 0.29) is 5.69 Å². The zero-order chi connectivity index (χ0) is 14.4. The number of halogens is 1. The molecule has 2 heterocycles. The highest BCUT2D eigenvalue weighted by atomic mass is 35.5. The van der Waals surface area contributed by atoms with E-state index in [1.54, 1.807) is 6.07 Å². The van der Waals surface area contributed by atoms with Crippen LogP contribution in [0, 0.1) is 0 Å². The molecule has 102 valence electrons. The van der Waals surface area contributed by atoms with Gasteiger partial charge in [-0.2, -0.15) is 4.52 Å². The molecule has 0 bridgehead atoms. The topological polar surface area (TPSA) is 63.0 Å². The maximum absolute atomic E-state index is 12.1. The van der Waals surface area contributed by atoms with E-state index >= 15 is 0 Å². The van der Waals surface area contributed by atoms with E-state index in [1.165, 1.54) is 4.52 Å². The average Bonchev–Trinajstić information content (AvgIpc) is 2.94. The minimum atomic E-state index is -0.325. The van der Waals surface area contributed by atoms with Crippen molar-refractivity contribution in [2.24, 2.45) is 0 Å². The first kappa shape index (κ1) is 12.1. The van der Waals surface area contributed by atoms with Crippen molar-refractivity contribution in [2.45, 2.75) is 0 Å². The molecule has 0 aliphatic rings. The summed E-state index contributed by atoms with van der Waals surface area (Å²) in [6, 6.07) is 14.8. The molecular formula is C15H9ClN4O. The molecule has 4 rings (SSSR count). The summed E-state index contributed by atoms with van der Waals surface area (Å²) in [5.74, 6) is 0.433. The molecule has 0 spiro atoms. The van der Waals surface area contributed by atoms with Gasteiger partial charge in [0.1, 0.15) is 0 Å². The van der Waals surface area contributed by atoms with Gasteiger partial charge in [0.05, 0.1) is 10.5 Å². The molecule has 0 amide bonds. The van der Waals surface area contributed by atoms with E-state index in [2.05, 4.69) is 15.1 Å². The number of rotatable bonds is 1. The lowest BCUT2D eigenvalue weighted by Crippen LogP contribution is -2.17. The molecule has 0 saturated carbocycles. The Kier molecular flexibility index (Phi) is 2.55. The Labute approximate surface area is 123 Å². The Morgan fingerprint density at radius 1 is 1.05 bits per heavy atom. The number of benzene rings is 2. The van der Waals surface area contributed by atoms with Crippen LogP contribution in [0.2, 0.25) is 5.02 Å². The summed E-state index contributed by atoms with van der Waals surface area (Å²) in [5.41, 5.74) is 1.62. The van der Waals surface area contributed by atoms with Crippen LogP contribution in [-0.4, -0.2) is 19.6 Å². The number of aromatic nitrogens is 4. The van der Waals surface area contributed by atoms with Crippen LogP contribution in [0.5, 0.6) is 0 Å². The normalized spacial score (nSPS) is 11.3. The van der Waals surface area contributed by atoms with Crippen molar-refractivity contribution >= 4 is 28.2 Å². The van der Waals surface area contributed by atoms with Crippen LogP contribution in [0.3, 0.4) is 0 Å². The van der Waals surface area contributed by atoms with Crippen molar-refractivity contribution in [2.75, 3.05) is 0 Å². The smallest absolute Gasteiger partial charge is 0.305 e. The lowest BCUT2D eigenvalue weighted by Gasteiger charge is -1.97. The molecule has 21 heavy (non-hydrogen) atoms. The Morgan fingerprint density at radius 3 is 2.67 bits per heavy atom. The van der Waals surface area contributed by atoms with Gasteiger partial charge in [-0.3, -0.25) is 0 Å². The van der Waals surface area contributed by atoms with Crippen LogP contribution in [-0.2, 0) is 0 Å². The Bertz CT molecular complexity index is 1030. The zero-order valence-corrected chi connectivity index (χ0v) is 11.5. The van der Waals surface area contributed by atoms with Crippen molar-refractivity contribution in [1.82, 2.24) is 19.6 Å². The number of hydrogen-bond donors (Lipinski definition) is 1. The predicted octanol–water partition coefficient (Wildman–Crippen LogP) is 2.89. The molecule has 0 unspecified atom stereocenters. The van der Waals surface area contributed by atoms with Crippen LogP contribution in [0.4, 0.5) is 0 Å². The standard InChI is InChI=1S/C15H9ClN4O/c16-11-7-3-1-5-9(11)13-18-14-10-6-2-4-8-12(10)17-15(21)20(14)19-13/h1-8H,(H,17,21). The maximum Gasteiger partial charge on any atom is 0.348 e. The molecule has 0 saturated heterocycles. The molecular weight excluding hydrogens is 288 g/mol. The molecule has 0 fully saturated rings. The van der Waals surface area contributed by atoms with Crippen LogP contribution in [0.1, 0.15) is 0 Å². The highest BCUT2D eigenvalue weighted by Crippen LogP contribution is 2.26. The second kappa shape index (κ2) is 4.43. The number of fused-ring (bicyclic) bond motifs is 3. The number of aromatic amines is 1. The lowest BCUT2D eigenvalue weighted by atomic mass is 10.2. The first-order valence-electron chi connectivity index (χ1n) is 6.37. The largest absolute Gasteiger partial charge is 0.348 e. The van der Waals surface area contributed by atoms with Gasteiger partial charge in [-0.15, -0.1) is 5.10 Å². The predicted molar refractivity (Wildman–Crippen MR) is 81.6 cm³/mol. The molecule has 5 nitrogen and oxygen atoms in total. The molecule has 4 aromatic rings. The van der Waals surface area contributed by atoms with Gasteiger partial charge in [0.15, 0.2) is 11.5 Å². The quantitative estimate of drug-likeness (QED) is 0.587. The minimum Gasteiger partial charge on any atom is -0.305 e. The zero-order valence-electron chi connectivity index (χ0n) is 10.7. The molecule has 2 aromatic heterocycles.